The zero-order valence-corrected chi connectivity index (χ0v) is 19.2. The van der Waals surface area contributed by atoms with Gasteiger partial charge in [-0.3, -0.25) is 4.99 Å². The summed E-state index contributed by atoms with van der Waals surface area (Å²) in [5, 5.41) is 6.60. The normalized spacial score (nSPS) is 16.6. The Balaban J connectivity index is 0.00000364. The molecule has 0 radical (unpaired) electrons. The molecule has 2 N–H and O–H groups in total. The van der Waals surface area contributed by atoms with Gasteiger partial charge in [-0.25, -0.2) is 12.7 Å². The molecule has 1 saturated heterocycles. The lowest BCUT2D eigenvalue weighted by Crippen LogP contribution is -2.50. The lowest BCUT2D eigenvalue weighted by Gasteiger charge is -2.32. The third-order valence-corrected chi connectivity index (χ3v) is 6.31. The van der Waals surface area contributed by atoms with Crippen LogP contribution in [0.15, 0.2) is 35.3 Å². The molecule has 0 spiro atoms. The molecule has 0 saturated carbocycles. The van der Waals surface area contributed by atoms with E-state index in [1.807, 2.05) is 30.3 Å². The van der Waals surface area contributed by atoms with Crippen molar-refractivity contribution < 1.29 is 13.2 Å². The predicted molar refractivity (Wildman–Crippen MR) is 120 cm³/mol. The zero-order chi connectivity index (χ0) is 18.8. The number of nitrogens with zero attached hydrogens (tertiary/aromatic N) is 2. The first-order valence-corrected chi connectivity index (χ1v) is 10.7. The van der Waals surface area contributed by atoms with Gasteiger partial charge in [-0.05, 0) is 25.3 Å². The third kappa shape index (κ3) is 8.32. The van der Waals surface area contributed by atoms with Crippen molar-refractivity contribution in [1.29, 1.82) is 0 Å². The Morgan fingerprint density at radius 2 is 1.93 bits per heavy atom. The van der Waals surface area contributed by atoms with Crippen LogP contribution in [-0.4, -0.2) is 63.8 Å². The lowest BCUT2D eigenvalue weighted by atomic mass is 10.1. The maximum absolute atomic E-state index is 11.9. The van der Waals surface area contributed by atoms with Crippen LogP contribution in [0.2, 0.25) is 0 Å². The molecule has 27 heavy (non-hydrogen) atoms. The van der Waals surface area contributed by atoms with Gasteiger partial charge in [0.1, 0.15) is 0 Å². The summed E-state index contributed by atoms with van der Waals surface area (Å²) in [5.74, 6) is 0.891. The van der Waals surface area contributed by atoms with E-state index in [1.54, 1.807) is 18.3 Å². The van der Waals surface area contributed by atoms with Crippen molar-refractivity contribution in [3.8, 4) is 0 Å². The van der Waals surface area contributed by atoms with Gasteiger partial charge in [0.05, 0.1) is 19.0 Å². The molecule has 0 bridgehead atoms. The zero-order valence-electron chi connectivity index (χ0n) is 16.1. The predicted octanol–water partition coefficient (Wildman–Crippen LogP) is 1.80. The molecule has 2 rings (SSSR count). The highest BCUT2D eigenvalue weighted by Crippen LogP contribution is 2.14. The summed E-state index contributed by atoms with van der Waals surface area (Å²) < 4.78 is 31.0. The van der Waals surface area contributed by atoms with E-state index < -0.39 is 10.0 Å². The van der Waals surface area contributed by atoms with Gasteiger partial charge in [-0.1, -0.05) is 30.3 Å². The molecule has 154 valence electrons. The average Bonchev–Trinajstić information content (AvgIpc) is 2.68. The Morgan fingerprint density at radius 3 is 2.52 bits per heavy atom. The fourth-order valence-electron chi connectivity index (χ4n) is 2.85. The second-order valence-electron chi connectivity index (χ2n) is 6.26. The molecule has 1 aliphatic rings. The quantitative estimate of drug-likeness (QED) is 0.241. The molecule has 1 fully saturated rings. The summed E-state index contributed by atoms with van der Waals surface area (Å²) in [6.07, 6.45) is 1.56. The highest BCUT2D eigenvalue weighted by Gasteiger charge is 2.26. The van der Waals surface area contributed by atoms with E-state index in [-0.39, 0.29) is 35.8 Å². The number of ether oxygens (including phenoxy) is 1. The molecule has 9 heteroatoms. The second-order valence-corrected chi connectivity index (χ2v) is 8.51. The third-order valence-electron chi connectivity index (χ3n) is 4.43. The number of piperidine rings is 1. The van der Waals surface area contributed by atoms with E-state index in [2.05, 4.69) is 15.6 Å². The van der Waals surface area contributed by atoms with Crippen molar-refractivity contribution in [2.24, 2.45) is 4.99 Å². The summed E-state index contributed by atoms with van der Waals surface area (Å²) in [4.78, 5) is 4.23. The molecule has 0 unspecified atom stereocenters. The van der Waals surface area contributed by atoms with Gasteiger partial charge in [0.2, 0.25) is 10.0 Å². The number of sulfonamides is 1. The molecule has 0 aliphatic carbocycles. The molecule has 1 heterocycles. The largest absolute Gasteiger partial charge is 0.375 e. The van der Waals surface area contributed by atoms with Crippen LogP contribution < -0.4 is 10.6 Å². The topological polar surface area (TPSA) is 83.0 Å². The van der Waals surface area contributed by atoms with Crippen LogP contribution >= 0.6 is 24.0 Å². The Morgan fingerprint density at radius 1 is 1.26 bits per heavy atom. The minimum atomic E-state index is -3.08. The van der Waals surface area contributed by atoms with Crippen molar-refractivity contribution >= 4 is 40.0 Å². The van der Waals surface area contributed by atoms with E-state index in [4.69, 9.17) is 4.74 Å². The van der Waals surface area contributed by atoms with Gasteiger partial charge in [-0.15, -0.1) is 24.0 Å². The number of hydrogen-bond donors (Lipinski definition) is 2. The molecule has 7 nitrogen and oxygen atoms in total. The van der Waals surface area contributed by atoms with Gasteiger partial charge in [0.15, 0.2) is 5.96 Å². The Kier molecular flexibility index (Phi) is 11.2. The first-order valence-electron chi connectivity index (χ1n) is 9.12. The number of benzene rings is 1. The molecule has 1 aliphatic heterocycles. The molecule has 0 amide bonds. The summed E-state index contributed by atoms with van der Waals surface area (Å²) in [5.41, 5.74) is 1.16. The monoisotopic (exact) mass is 510 g/mol. The average molecular weight is 510 g/mol. The molecule has 0 aromatic heterocycles. The minimum Gasteiger partial charge on any atom is -0.375 e. The van der Waals surface area contributed by atoms with Gasteiger partial charge < -0.3 is 15.4 Å². The highest BCUT2D eigenvalue weighted by atomic mass is 127. The summed E-state index contributed by atoms with van der Waals surface area (Å²) >= 11 is 0. The fourth-order valence-corrected chi connectivity index (χ4v) is 3.99. The van der Waals surface area contributed by atoms with Crippen LogP contribution in [0.1, 0.15) is 25.3 Å². The van der Waals surface area contributed by atoms with Crippen molar-refractivity contribution in [2.75, 3.05) is 39.0 Å². The number of aliphatic imine (C=N–C) groups is 1. The number of nitrogens with one attached hydrogen (secondary N) is 2. The van der Waals surface area contributed by atoms with E-state index >= 15 is 0 Å². The van der Waals surface area contributed by atoms with Gasteiger partial charge in [0.25, 0.3) is 0 Å². The lowest BCUT2D eigenvalue weighted by molar-refractivity contribution is 0.125. The number of halogens is 1. The molecular formula is C18H31IN4O3S. The highest BCUT2D eigenvalue weighted by molar-refractivity contribution is 14.0. The van der Waals surface area contributed by atoms with Crippen LogP contribution in [0.25, 0.3) is 0 Å². The van der Waals surface area contributed by atoms with Gasteiger partial charge >= 0.3 is 0 Å². The maximum Gasteiger partial charge on any atom is 0.213 e. The number of guanidine groups is 1. The maximum atomic E-state index is 11.9. The van der Waals surface area contributed by atoms with E-state index in [1.165, 1.54) is 0 Å². The first-order chi connectivity index (χ1) is 12.5. The van der Waals surface area contributed by atoms with Crippen LogP contribution in [0.3, 0.4) is 0 Å². The molecular weight excluding hydrogens is 479 g/mol. The molecule has 0 atom stereocenters. The summed E-state index contributed by atoms with van der Waals surface area (Å²) in [6, 6.07) is 10.3. The summed E-state index contributed by atoms with van der Waals surface area (Å²) in [7, 11) is -1.35. The van der Waals surface area contributed by atoms with Crippen LogP contribution in [0.5, 0.6) is 0 Å². The van der Waals surface area contributed by atoms with Gasteiger partial charge in [0, 0.05) is 32.7 Å². The SMILES string of the molecule is CCS(=O)(=O)N1CCC(NC(=NC)NCCOCc2ccccc2)CC1.I. The summed E-state index contributed by atoms with van der Waals surface area (Å²) in [6.45, 7) is 4.65. The minimum absolute atomic E-state index is 0. The van der Waals surface area contributed by atoms with Crippen LogP contribution in [-0.2, 0) is 21.4 Å². The van der Waals surface area contributed by atoms with Gasteiger partial charge in [-0.2, -0.15) is 0 Å². The smallest absolute Gasteiger partial charge is 0.213 e. The van der Waals surface area contributed by atoms with Crippen LogP contribution in [0, 0.1) is 0 Å². The van der Waals surface area contributed by atoms with E-state index in [0.717, 1.165) is 24.4 Å². The van der Waals surface area contributed by atoms with E-state index in [9.17, 15) is 8.42 Å². The molecule has 1 aromatic carbocycles. The second kappa shape index (κ2) is 12.5. The van der Waals surface area contributed by atoms with E-state index in [0.29, 0.717) is 32.8 Å². The van der Waals surface area contributed by atoms with Crippen LogP contribution in [0.4, 0.5) is 0 Å². The van der Waals surface area contributed by atoms with Crippen molar-refractivity contribution in [2.45, 2.75) is 32.4 Å². The van der Waals surface area contributed by atoms with Crippen molar-refractivity contribution in [3.63, 3.8) is 0 Å². The standard InChI is InChI=1S/C18H30N4O3S.HI/c1-3-26(23,24)22-12-9-17(10-13-22)21-18(19-2)20-11-14-25-15-16-7-5-4-6-8-16;/h4-8,17H,3,9-15H2,1-2H3,(H2,19,20,21);1H. The fraction of sp³-hybridized carbons (Fsp3) is 0.611. The first kappa shape index (κ1) is 24.1. The Labute approximate surface area is 180 Å². The Bertz CT molecular complexity index is 662. The Hall–Kier alpha value is -0.910. The number of hydrogen-bond acceptors (Lipinski definition) is 4. The number of rotatable bonds is 8. The van der Waals surface area contributed by atoms with Crippen molar-refractivity contribution in [3.05, 3.63) is 35.9 Å². The molecule has 1 aromatic rings. The van der Waals surface area contributed by atoms with Crippen molar-refractivity contribution in [1.82, 2.24) is 14.9 Å².